The van der Waals surface area contributed by atoms with Crippen LogP contribution in [0.4, 0.5) is 5.13 Å². The van der Waals surface area contributed by atoms with Gasteiger partial charge >= 0.3 is 0 Å². The van der Waals surface area contributed by atoms with Gasteiger partial charge in [0.2, 0.25) is 5.13 Å². The van der Waals surface area contributed by atoms with Gasteiger partial charge in [-0.15, -0.1) is 0 Å². The van der Waals surface area contributed by atoms with Crippen LogP contribution < -0.4 is 4.90 Å². The van der Waals surface area contributed by atoms with Crippen molar-refractivity contribution >= 4 is 27.6 Å². The molecule has 3 rings (SSSR count). The van der Waals surface area contributed by atoms with E-state index in [9.17, 15) is 0 Å². The zero-order valence-electron chi connectivity index (χ0n) is 10.3. The fourth-order valence-electron chi connectivity index (χ4n) is 1.86. The Morgan fingerprint density at radius 2 is 2.17 bits per heavy atom. The quantitative estimate of drug-likeness (QED) is 0.724. The number of rotatable bonds is 3. The van der Waals surface area contributed by atoms with Gasteiger partial charge in [0.05, 0.1) is 6.54 Å². The normalized spacial score (nSPS) is 11.0. The molecule has 0 aliphatic heterocycles. The van der Waals surface area contributed by atoms with Crippen LogP contribution in [0.15, 0.2) is 34.7 Å². The van der Waals surface area contributed by atoms with Gasteiger partial charge in [0.25, 0.3) is 0 Å². The molecular weight excluding hydrogens is 246 g/mol. The Balaban J connectivity index is 1.83. The molecule has 0 saturated carbocycles. The van der Waals surface area contributed by atoms with E-state index >= 15 is 0 Å². The molecule has 2 aromatic heterocycles. The maximum absolute atomic E-state index is 5.78. The number of benzene rings is 1. The highest BCUT2D eigenvalue weighted by molar-refractivity contribution is 7.09. The molecule has 5 heteroatoms. The highest BCUT2D eigenvalue weighted by Crippen LogP contribution is 2.22. The highest BCUT2D eigenvalue weighted by Gasteiger charge is 2.10. The van der Waals surface area contributed by atoms with Gasteiger partial charge in [-0.3, -0.25) is 0 Å². The lowest BCUT2D eigenvalue weighted by Gasteiger charge is -2.12. The van der Waals surface area contributed by atoms with Crippen LogP contribution in [0.5, 0.6) is 0 Å². The van der Waals surface area contributed by atoms with Gasteiger partial charge < -0.3 is 9.32 Å². The van der Waals surface area contributed by atoms with E-state index < -0.39 is 0 Å². The van der Waals surface area contributed by atoms with Gasteiger partial charge in [0, 0.05) is 24.0 Å². The summed E-state index contributed by atoms with van der Waals surface area (Å²) in [6.45, 7) is 2.60. The van der Waals surface area contributed by atoms with Crippen molar-refractivity contribution in [3.63, 3.8) is 0 Å². The predicted molar refractivity (Wildman–Crippen MR) is 73.0 cm³/mol. The summed E-state index contributed by atoms with van der Waals surface area (Å²) in [6.07, 6.45) is 0. The van der Waals surface area contributed by atoms with E-state index in [-0.39, 0.29) is 0 Å². The Hall–Kier alpha value is -1.88. The number of para-hydroxylation sites is 1. The number of anilines is 1. The summed E-state index contributed by atoms with van der Waals surface area (Å²) < 4.78 is 9.96. The van der Waals surface area contributed by atoms with Crippen molar-refractivity contribution in [1.82, 2.24) is 9.36 Å². The minimum absolute atomic E-state index is 0.698. The standard InChI is InChI=1S/C13H13N3OS/c1-9-14-13(18-15-9)16(2)8-11-7-10-5-3-4-6-12(10)17-11/h3-7H,8H2,1-2H3. The van der Waals surface area contributed by atoms with Crippen LogP contribution in [0.3, 0.4) is 0 Å². The van der Waals surface area contributed by atoms with Crippen molar-refractivity contribution in [1.29, 1.82) is 0 Å². The van der Waals surface area contributed by atoms with Crippen LogP contribution in [0, 0.1) is 6.92 Å². The lowest BCUT2D eigenvalue weighted by atomic mass is 10.2. The zero-order valence-corrected chi connectivity index (χ0v) is 11.1. The molecule has 0 unspecified atom stereocenters. The van der Waals surface area contributed by atoms with Gasteiger partial charge in [-0.25, -0.2) is 4.98 Å². The van der Waals surface area contributed by atoms with Gasteiger partial charge in [0.1, 0.15) is 17.2 Å². The Kier molecular flexibility index (Phi) is 2.76. The zero-order chi connectivity index (χ0) is 12.5. The largest absolute Gasteiger partial charge is 0.459 e. The summed E-state index contributed by atoms with van der Waals surface area (Å²) in [5.74, 6) is 1.75. The summed E-state index contributed by atoms with van der Waals surface area (Å²) in [5, 5.41) is 2.04. The molecular formula is C13H13N3OS. The Labute approximate surface area is 109 Å². The molecule has 1 aromatic carbocycles. The first kappa shape index (κ1) is 11.2. The molecule has 4 nitrogen and oxygen atoms in total. The molecule has 2 heterocycles. The van der Waals surface area contributed by atoms with E-state index in [4.69, 9.17) is 4.42 Å². The first-order valence-electron chi connectivity index (χ1n) is 5.71. The first-order valence-corrected chi connectivity index (χ1v) is 6.48. The van der Waals surface area contributed by atoms with Gasteiger partial charge in [-0.1, -0.05) is 18.2 Å². The van der Waals surface area contributed by atoms with Crippen LogP contribution >= 0.6 is 11.5 Å². The van der Waals surface area contributed by atoms with E-state index in [1.54, 1.807) is 0 Å². The van der Waals surface area contributed by atoms with E-state index in [2.05, 4.69) is 21.5 Å². The third kappa shape index (κ3) is 2.09. The summed E-state index contributed by atoms with van der Waals surface area (Å²) in [6, 6.07) is 10.1. The second-order valence-electron chi connectivity index (χ2n) is 4.23. The van der Waals surface area contributed by atoms with Crippen molar-refractivity contribution in [3.05, 3.63) is 41.9 Å². The Bertz CT molecular complexity index is 640. The van der Waals surface area contributed by atoms with Gasteiger partial charge in [-0.2, -0.15) is 4.37 Å². The van der Waals surface area contributed by atoms with E-state index in [1.165, 1.54) is 11.5 Å². The fraction of sp³-hybridized carbons (Fsp3) is 0.231. The maximum Gasteiger partial charge on any atom is 0.205 e. The molecule has 0 aliphatic carbocycles. The summed E-state index contributed by atoms with van der Waals surface area (Å²) in [4.78, 5) is 6.40. The van der Waals surface area contributed by atoms with Crippen LogP contribution in [-0.4, -0.2) is 16.4 Å². The van der Waals surface area contributed by atoms with Gasteiger partial charge in [0.15, 0.2) is 0 Å². The molecule has 0 radical (unpaired) electrons. The summed E-state index contributed by atoms with van der Waals surface area (Å²) in [7, 11) is 1.99. The van der Waals surface area contributed by atoms with Crippen LogP contribution in [0.25, 0.3) is 11.0 Å². The number of aryl methyl sites for hydroxylation is 1. The molecule has 0 fully saturated rings. The SMILES string of the molecule is Cc1nsc(N(C)Cc2cc3ccccc3o2)n1. The third-order valence-corrected chi connectivity index (χ3v) is 3.63. The average molecular weight is 259 g/mol. The highest BCUT2D eigenvalue weighted by atomic mass is 32.1. The molecule has 0 N–H and O–H groups in total. The van der Waals surface area contributed by atoms with E-state index in [1.807, 2.05) is 37.1 Å². The molecule has 18 heavy (non-hydrogen) atoms. The van der Waals surface area contributed by atoms with Crippen molar-refractivity contribution in [2.45, 2.75) is 13.5 Å². The van der Waals surface area contributed by atoms with E-state index in [0.717, 1.165) is 27.7 Å². The molecule has 0 atom stereocenters. The van der Waals surface area contributed by atoms with Crippen LogP contribution in [0.1, 0.15) is 11.6 Å². The maximum atomic E-state index is 5.78. The van der Waals surface area contributed by atoms with Crippen molar-refractivity contribution in [2.24, 2.45) is 0 Å². The number of hydrogen-bond acceptors (Lipinski definition) is 5. The second kappa shape index (κ2) is 4.42. The summed E-state index contributed by atoms with van der Waals surface area (Å²) in [5.41, 5.74) is 0.925. The minimum Gasteiger partial charge on any atom is -0.459 e. The van der Waals surface area contributed by atoms with Crippen LogP contribution in [0.2, 0.25) is 0 Å². The lowest BCUT2D eigenvalue weighted by Crippen LogP contribution is -2.15. The smallest absolute Gasteiger partial charge is 0.205 e. The number of hydrogen-bond donors (Lipinski definition) is 0. The van der Waals surface area contributed by atoms with Crippen LogP contribution in [-0.2, 0) is 6.54 Å². The minimum atomic E-state index is 0.698. The van der Waals surface area contributed by atoms with Crippen molar-refractivity contribution < 1.29 is 4.42 Å². The molecule has 3 aromatic rings. The number of aromatic nitrogens is 2. The predicted octanol–water partition coefficient (Wildman–Crippen LogP) is 3.23. The van der Waals surface area contributed by atoms with Crippen molar-refractivity contribution in [2.75, 3.05) is 11.9 Å². The Morgan fingerprint density at radius 3 is 2.89 bits per heavy atom. The topological polar surface area (TPSA) is 42.2 Å². The molecule has 0 aliphatic rings. The molecule has 0 bridgehead atoms. The average Bonchev–Trinajstić information content (AvgIpc) is 2.94. The van der Waals surface area contributed by atoms with Gasteiger partial charge in [-0.05, 0) is 19.1 Å². The van der Waals surface area contributed by atoms with E-state index in [0.29, 0.717) is 6.54 Å². The number of furan rings is 1. The summed E-state index contributed by atoms with van der Waals surface area (Å²) >= 11 is 1.41. The monoisotopic (exact) mass is 259 g/mol. The molecule has 0 amide bonds. The molecule has 0 saturated heterocycles. The van der Waals surface area contributed by atoms with Crippen molar-refractivity contribution in [3.8, 4) is 0 Å². The number of nitrogens with zero attached hydrogens (tertiary/aromatic N) is 3. The second-order valence-corrected chi connectivity index (χ2v) is 4.96. The number of fused-ring (bicyclic) bond motifs is 1. The first-order chi connectivity index (χ1) is 8.72. The third-order valence-electron chi connectivity index (χ3n) is 2.71. The molecule has 0 spiro atoms. The fourth-order valence-corrected chi connectivity index (χ4v) is 2.49. The Morgan fingerprint density at radius 1 is 1.33 bits per heavy atom. The lowest BCUT2D eigenvalue weighted by molar-refractivity contribution is 0.546. The molecule has 92 valence electrons.